The van der Waals surface area contributed by atoms with Crippen molar-refractivity contribution in [2.45, 2.75) is 44.0 Å². The molecule has 0 N–H and O–H groups in total. The molecular weight excluding hydrogens is 555 g/mol. The third-order valence-electron chi connectivity index (χ3n) is 6.79. The quantitative estimate of drug-likeness (QED) is 0.420. The van der Waals surface area contributed by atoms with Crippen molar-refractivity contribution in [3.8, 4) is 6.07 Å². The highest BCUT2D eigenvalue weighted by atomic mass is 35.5. The number of carbonyl (C=O) groups excluding carboxylic acids is 1. The summed E-state index contributed by atoms with van der Waals surface area (Å²) in [5, 5.41) is 15.8. The van der Waals surface area contributed by atoms with Crippen molar-refractivity contribution in [1.82, 2.24) is 14.5 Å². The normalized spacial score (nSPS) is 18.0. The molecule has 1 aromatic carbocycles. The zero-order valence-electron chi connectivity index (χ0n) is 20.3. The van der Waals surface area contributed by atoms with Crippen LogP contribution in [0.4, 0.5) is 13.2 Å². The Morgan fingerprint density at radius 3 is 2.72 bits per heavy atom. The number of hydrogen-bond acceptors (Lipinski definition) is 7. The molecule has 1 unspecified atom stereocenters. The summed E-state index contributed by atoms with van der Waals surface area (Å²) in [5.74, 6) is -0.344. The third-order valence-corrected chi connectivity index (χ3v) is 8.06. The minimum absolute atomic E-state index is 0.108. The standard InChI is InChI=1S/C26H21ClF3N5O3S/c27-19-9-17(26(28,29)30)12-35(25(19)37)13-23(36)34-7-5-15(6-8-34)24-32-21(14-39-24)20-10-22(38-33-20)18-4-2-1-3-16(18)11-31/h1-4,9,12,14-15,22H,5-8,10,13H2. The highest BCUT2D eigenvalue weighted by Crippen LogP contribution is 2.35. The highest BCUT2D eigenvalue weighted by Gasteiger charge is 2.33. The molecule has 1 saturated heterocycles. The van der Waals surface area contributed by atoms with Crippen molar-refractivity contribution < 1.29 is 22.8 Å². The molecule has 0 aliphatic carbocycles. The molecule has 1 amide bonds. The molecule has 8 nitrogen and oxygen atoms in total. The van der Waals surface area contributed by atoms with Crippen LogP contribution in [0, 0.1) is 11.3 Å². The summed E-state index contributed by atoms with van der Waals surface area (Å²) in [7, 11) is 0. The molecule has 39 heavy (non-hydrogen) atoms. The molecule has 202 valence electrons. The van der Waals surface area contributed by atoms with Crippen molar-refractivity contribution >= 4 is 34.6 Å². The molecule has 0 bridgehead atoms. The Morgan fingerprint density at radius 1 is 1.26 bits per heavy atom. The summed E-state index contributed by atoms with van der Waals surface area (Å²) < 4.78 is 40.0. The number of pyridine rings is 1. The monoisotopic (exact) mass is 575 g/mol. The highest BCUT2D eigenvalue weighted by molar-refractivity contribution is 7.10. The fourth-order valence-electron chi connectivity index (χ4n) is 4.68. The number of nitriles is 1. The predicted octanol–water partition coefficient (Wildman–Crippen LogP) is 5.12. The molecule has 5 rings (SSSR count). The average Bonchev–Trinajstić information content (AvgIpc) is 3.61. The van der Waals surface area contributed by atoms with Crippen LogP contribution in [-0.4, -0.2) is 39.2 Å². The van der Waals surface area contributed by atoms with Gasteiger partial charge in [-0.2, -0.15) is 18.4 Å². The van der Waals surface area contributed by atoms with E-state index in [2.05, 4.69) is 11.2 Å². The molecule has 0 spiro atoms. The molecule has 0 radical (unpaired) electrons. The number of amides is 1. The van der Waals surface area contributed by atoms with Crippen LogP contribution in [0.3, 0.4) is 0 Å². The maximum absolute atomic E-state index is 13.1. The van der Waals surface area contributed by atoms with Gasteiger partial charge in [0.1, 0.15) is 17.3 Å². The summed E-state index contributed by atoms with van der Waals surface area (Å²) in [5.41, 5.74) is 0.803. The summed E-state index contributed by atoms with van der Waals surface area (Å²) in [6.45, 7) is 0.248. The number of carbonyl (C=O) groups is 1. The first-order valence-electron chi connectivity index (χ1n) is 12.1. The van der Waals surface area contributed by atoms with Gasteiger partial charge in [-0.05, 0) is 25.0 Å². The van der Waals surface area contributed by atoms with Gasteiger partial charge in [-0.1, -0.05) is 35.0 Å². The van der Waals surface area contributed by atoms with Gasteiger partial charge >= 0.3 is 6.18 Å². The number of hydrogen-bond donors (Lipinski definition) is 0. The lowest BCUT2D eigenvalue weighted by molar-refractivity contribution is -0.139. The maximum atomic E-state index is 13.1. The molecule has 3 aromatic rings. The molecule has 1 atom stereocenters. The van der Waals surface area contributed by atoms with E-state index >= 15 is 0 Å². The van der Waals surface area contributed by atoms with E-state index < -0.39 is 34.8 Å². The fourth-order valence-corrected chi connectivity index (χ4v) is 5.90. The number of likely N-dealkylation sites (tertiary alicyclic amines) is 1. The molecule has 2 aliphatic rings. The minimum atomic E-state index is -4.69. The van der Waals surface area contributed by atoms with Gasteiger partial charge in [-0.3, -0.25) is 9.59 Å². The van der Waals surface area contributed by atoms with Gasteiger partial charge in [0.25, 0.3) is 5.56 Å². The lowest BCUT2D eigenvalue weighted by Crippen LogP contribution is -2.41. The topological polar surface area (TPSA) is 101 Å². The maximum Gasteiger partial charge on any atom is 0.417 e. The van der Waals surface area contributed by atoms with Gasteiger partial charge in [0.2, 0.25) is 5.91 Å². The second-order valence-electron chi connectivity index (χ2n) is 9.27. The summed E-state index contributed by atoms with van der Waals surface area (Å²) in [6, 6.07) is 9.97. The van der Waals surface area contributed by atoms with Crippen LogP contribution in [0.2, 0.25) is 5.02 Å². The summed E-state index contributed by atoms with van der Waals surface area (Å²) in [4.78, 5) is 36.9. The van der Waals surface area contributed by atoms with Crippen molar-refractivity contribution in [2.24, 2.45) is 5.16 Å². The Labute approximate surface area is 229 Å². The third kappa shape index (κ3) is 5.69. The number of rotatable bonds is 5. The number of alkyl halides is 3. The Balaban J connectivity index is 1.19. The lowest BCUT2D eigenvalue weighted by atomic mass is 9.97. The number of benzene rings is 1. The van der Waals surface area contributed by atoms with Gasteiger partial charge < -0.3 is 14.3 Å². The Hall–Kier alpha value is -3.69. The van der Waals surface area contributed by atoms with Crippen LogP contribution in [0.1, 0.15) is 58.7 Å². The molecule has 1 fully saturated rings. The van der Waals surface area contributed by atoms with Crippen LogP contribution in [0.15, 0.2) is 51.9 Å². The van der Waals surface area contributed by atoms with E-state index in [1.165, 1.54) is 16.2 Å². The summed E-state index contributed by atoms with van der Waals surface area (Å²) >= 11 is 7.19. The number of nitrogens with zero attached hydrogens (tertiary/aromatic N) is 5. The first-order valence-corrected chi connectivity index (χ1v) is 13.3. The van der Waals surface area contributed by atoms with Crippen LogP contribution in [0.25, 0.3) is 0 Å². The Bertz CT molecular complexity index is 1540. The van der Waals surface area contributed by atoms with E-state index in [1.54, 1.807) is 12.1 Å². The number of thiazole rings is 1. The van der Waals surface area contributed by atoms with Crippen LogP contribution < -0.4 is 5.56 Å². The number of halogens is 4. The average molecular weight is 576 g/mol. The molecule has 0 saturated carbocycles. The van der Waals surface area contributed by atoms with E-state index in [4.69, 9.17) is 21.4 Å². The zero-order chi connectivity index (χ0) is 27.7. The Kier molecular flexibility index (Phi) is 7.46. The molecule has 4 heterocycles. The fraction of sp³-hybridized carbons (Fsp3) is 0.346. The lowest BCUT2D eigenvalue weighted by Gasteiger charge is -2.31. The molecular formula is C26H21ClF3N5O3S. The van der Waals surface area contributed by atoms with Gasteiger partial charge in [0.05, 0.1) is 27.9 Å². The zero-order valence-corrected chi connectivity index (χ0v) is 21.9. The van der Waals surface area contributed by atoms with E-state index in [9.17, 15) is 28.0 Å². The minimum Gasteiger partial charge on any atom is -0.387 e. The van der Waals surface area contributed by atoms with E-state index in [-0.39, 0.29) is 12.0 Å². The van der Waals surface area contributed by atoms with Crippen molar-refractivity contribution in [3.63, 3.8) is 0 Å². The van der Waals surface area contributed by atoms with Crippen molar-refractivity contribution in [3.05, 3.63) is 84.7 Å². The second-order valence-corrected chi connectivity index (χ2v) is 10.6. The van der Waals surface area contributed by atoms with Crippen LogP contribution >= 0.6 is 22.9 Å². The smallest absolute Gasteiger partial charge is 0.387 e. The molecule has 13 heteroatoms. The first kappa shape index (κ1) is 26.9. The molecule has 2 aliphatic heterocycles. The first-order chi connectivity index (χ1) is 18.6. The predicted molar refractivity (Wildman–Crippen MR) is 138 cm³/mol. The molecule has 2 aromatic heterocycles. The van der Waals surface area contributed by atoms with Gasteiger partial charge in [0.15, 0.2) is 6.10 Å². The SMILES string of the molecule is N#Cc1ccccc1C1CC(c2csc(C3CCN(C(=O)Cn4cc(C(F)(F)F)cc(Cl)c4=O)CC3)n2)=NO1. The van der Waals surface area contributed by atoms with E-state index in [1.807, 2.05) is 17.5 Å². The van der Waals surface area contributed by atoms with Crippen molar-refractivity contribution in [2.75, 3.05) is 13.1 Å². The Morgan fingerprint density at radius 2 is 2.00 bits per heavy atom. The van der Waals surface area contributed by atoms with Crippen LogP contribution in [-0.2, 0) is 22.4 Å². The number of aromatic nitrogens is 2. The van der Waals surface area contributed by atoms with E-state index in [0.717, 1.165) is 10.6 Å². The number of piperidine rings is 1. The van der Waals surface area contributed by atoms with E-state index in [0.29, 0.717) is 66.2 Å². The van der Waals surface area contributed by atoms with Crippen LogP contribution in [0.5, 0.6) is 0 Å². The number of oxime groups is 1. The van der Waals surface area contributed by atoms with Gasteiger partial charge in [0, 0.05) is 42.6 Å². The second kappa shape index (κ2) is 10.8. The van der Waals surface area contributed by atoms with Gasteiger partial charge in [-0.15, -0.1) is 11.3 Å². The largest absolute Gasteiger partial charge is 0.417 e. The summed E-state index contributed by atoms with van der Waals surface area (Å²) in [6.07, 6.45) is -2.68. The van der Waals surface area contributed by atoms with Crippen molar-refractivity contribution in [1.29, 1.82) is 5.26 Å². The van der Waals surface area contributed by atoms with Gasteiger partial charge in [-0.25, -0.2) is 4.98 Å².